The first-order valence-corrected chi connectivity index (χ1v) is 7.16. The zero-order valence-electron chi connectivity index (χ0n) is 13.4. The Hall–Kier alpha value is -2.82. The van der Waals surface area contributed by atoms with Crippen LogP contribution in [-0.4, -0.2) is 23.9 Å². The van der Waals surface area contributed by atoms with Gasteiger partial charge in [0.05, 0.1) is 0 Å². The van der Waals surface area contributed by atoms with Gasteiger partial charge >= 0.3 is 5.97 Å². The Bertz CT molecular complexity index is 717. The van der Waals surface area contributed by atoms with Crippen LogP contribution in [0.25, 0.3) is 0 Å². The van der Waals surface area contributed by atoms with E-state index >= 15 is 0 Å². The Balaban J connectivity index is 2.31. The van der Waals surface area contributed by atoms with Crippen LogP contribution in [0.15, 0.2) is 47.6 Å². The summed E-state index contributed by atoms with van der Waals surface area (Å²) in [6, 6.07) is 13.0. The van der Waals surface area contributed by atoms with Gasteiger partial charge in [-0.25, -0.2) is 4.79 Å². The second-order valence-electron chi connectivity index (χ2n) is 5.09. The molecule has 5 nitrogen and oxygen atoms in total. The molecule has 0 spiro atoms. The summed E-state index contributed by atoms with van der Waals surface area (Å²) in [6.07, 6.45) is 0. The Labute approximate surface area is 135 Å². The van der Waals surface area contributed by atoms with Crippen LogP contribution in [0.2, 0.25) is 0 Å². The highest BCUT2D eigenvalue weighted by Gasteiger charge is 2.17. The van der Waals surface area contributed by atoms with E-state index in [1.807, 2.05) is 44.2 Å². The number of carboxylic acid groups (broad SMARTS) is 1. The Morgan fingerprint density at radius 3 is 2.35 bits per heavy atom. The number of aliphatic carboxylic acids is 1. The molecule has 0 aliphatic heterocycles. The first-order chi connectivity index (χ1) is 11.0. The van der Waals surface area contributed by atoms with Crippen molar-refractivity contribution in [2.24, 2.45) is 5.16 Å². The van der Waals surface area contributed by atoms with Gasteiger partial charge in [-0.1, -0.05) is 47.6 Å². The van der Waals surface area contributed by atoms with E-state index in [4.69, 9.17) is 4.74 Å². The fourth-order valence-corrected chi connectivity index (χ4v) is 2.35. The lowest BCUT2D eigenvalue weighted by atomic mass is 10.0. The molecule has 120 valence electrons. The van der Waals surface area contributed by atoms with Crippen molar-refractivity contribution < 1.29 is 19.5 Å². The fraction of sp³-hybridized carbons (Fsp3) is 0.222. The minimum absolute atomic E-state index is 0.145. The quantitative estimate of drug-likeness (QED) is 0.656. The third-order valence-electron chi connectivity index (χ3n) is 3.44. The van der Waals surface area contributed by atoms with Crippen LogP contribution < -0.4 is 4.74 Å². The standard InChI is InChI=1S/C18H19NO4/c1-12-7-6-8-13(2)17(12)23-11-14-9-4-5-10-15(14)16(18(20)21)19-22-3/h4-10H,11H2,1-3H3,(H,20,21)/b19-16+. The van der Waals surface area contributed by atoms with Crippen molar-refractivity contribution in [1.82, 2.24) is 0 Å². The van der Waals surface area contributed by atoms with Crippen LogP contribution in [-0.2, 0) is 16.2 Å². The second kappa shape index (κ2) is 7.45. The van der Waals surface area contributed by atoms with Crippen LogP contribution in [0.5, 0.6) is 5.75 Å². The van der Waals surface area contributed by atoms with Gasteiger partial charge in [0.25, 0.3) is 0 Å². The highest BCUT2D eigenvalue weighted by Crippen LogP contribution is 2.24. The zero-order valence-corrected chi connectivity index (χ0v) is 13.4. The molecule has 0 saturated heterocycles. The van der Waals surface area contributed by atoms with Crippen LogP contribution >= 0.6 is 0 Å². The van der Waals surface area contributed by atoms with Crippen LogP contribution in [0.1, 0.15) is 22.3 Å². The largest absolute Gasteiger partial charge is 0.488 e. The average molecular weight is 313 g/mol. The molecule has 2 rings (SSSR count). The first-order valence-electron chi connectivity index (χ1n) is 7.16. The molecule has 0 saturated carbocycles. The molecule has 2 aromatic rings. The number of ether oxygens (including phenoxy) is 1. The molecule has 0 radical (unpaired) electrons. The minimum Gasteiger partial charge on any atom is -0.488 e. The average Bonchev–Trinajstić information content (AvgIpc) is 2.52. The summed E-state index contributed by atoms with van der Waals surface area (Å²) in [5.41, 5.74) is 3.13. The topological polar surface area (TPSA) is 68.1 Å². The number of aryl methyl sites for hydroxylation is 2. The summed E-state index contributed by atoms with van der Waals surface area (Å²) >= 11 is 0. The third-order valence-corrected chi connectivity index (χ3v) is 3.44. The lowest BCUT2D eigenvalue weighted by Crippen LogP contribution is -2.17. The summed E-state index contributed by atoms with van der Waals surface area (Å²) in [5.74, 6) is -0.339. The normalized spacial score (nSPS) is 11.2. The van der Waals surface area contributed by atoms with Crippen LogP contribution in [0.3, 0.4) is 0 Å². The van der Waals surface area contributed by atoms with Gasteiger partial charge in [-0.3, -0.25) is 0 Å². The fourth-order valence-electron chi connectivity index (χ4n) is 2.35. The molecule has 0 bridgehead atoms. The number of oxime groups is 1. The molecule has 0 unspecified atom stereocenters. The molecule has 0 fully saturated rings. The van der Waals surface area contributed by atoms with Gasteiger partial charge in [-0.2, -0.15) is 0 Å². The lowest BCUT2D eigenvalue weighted by molar-refractivity contribution is -0.129. The summed E-state index contributed by atoms with van der Waals surface area (Å²) in [4.78, 5) is 16.0. The molecular weight excluding hydrogens is 294 g/mol. The van der Waals surface area contributed by atoms with E-state index in [-0.39, 0.29) is 12.3 Å². The molecule has 0 aliphatic carbocycles. The van der Waals surface area contributed by atoms with Crippen LogP contribution in [0.4, 0.5) is 0 Å². The van der Waals surface area contributed by atoms with E-state index in [0.29, 0.717) is 5.56 Å². The van der Waals surface area contributed by atoms with E-state index in [1.54, 1.807) is 12.1 Å². The molecule has 0 aromatic heterocycles. The van der Waals surface area contributed by atoms with E-state index < -0.39 is 5.97 Å². The predicted octanol–water partition coefficient (Wildman–Crippen LogP) is 3.32. The lowest BCUT2D eigenvalue weighted by Gasteiger charge is -2.14. The highest BCUT2D eigenvalue weighted by atomic mass is 16.6. The number of para-hydroxylation sites is 1. The van der Waals surface area contributed by atoms with E-state index in [9.17, 15) is 9.90 Å². The number of hydrogen-bond acceptors (Lipinski definition) is 4. The van der Waals surface area contributed by atoms with Crippen molar-refractivity contribution in [3.8, 4) is 5.75 Å². The van der Waals surface area contributed by atoms with E-state index in [1.165, 1.54) is 7.11 Å². The van der Waals surface area contributed by atoms with Crippen molar-refractivity contribution in [1.29, 1.82) is 0 Å². The summed E-state index contributed by atoms with van der Waals surface area (Å²) in [5, 5.41) is 12.9. The van der Waals surface area contributed by atoms with Crippen LogP contribution in [0, 0.1) is 13.8 Å². The summed E-state index contributed by atoms with van der Waals surface area (Å²) in [6.45, 7) is 4.20. The first kappa shape index (κ1) is 16.5. The maximum absolute atomic E-state index is 11.4. The predicted molar refractivity (Wildman–Crippen MR) is 87.9 cm³/mol. The zero-order chi connectivity index (χ0) is 16.8. The maximum atomic E-state index is 11.4. The monoisotopic (exact) mass is 313 g/mol. The number of hydrogen-bond donors (Lipinski definition) is 1. The van der Waals surface area contributed by atoms with Gasteiger partial charge in [0.1, 0.15) is 19.5 Å². The molecular formula is C18H19NO4. The van der Waals surface area contributed by atoms with Gasteiger partial charge < -0.3 is 14.7 Å². The number of carbonyl (C=O) groups is 1. The number of carboxylic acids is 1. The van der Waals surface area contributed by atoms with Gasteiger partial charge in [0, 0.05) is 5.56 Å². The van der Waals surface area contributed by atoms with Crippen molar-refractivity contribution in [3.05, 3.63) is 64.7 Å². The Morgan fingerprint density at radius 2 is 1.74 bits per heavy atom. The van der Waals surface area contributed by atoms with E-state index in [0.717, 1.165) is 22.4 Å². The van der Waals surface area contributed by atoms with Crippen molar-refractivity contribution in [2.75, 3.05) is 7.11 Å². The molecule has 1 N–H and O–H groups in total. The van der Waals surface area contributed by atoms with Gasteiger partial charge in [-0.15, -0.1) is 0 Å². The molecule has 0 atom stereocenters. The molecule has 0 amide bonds. The van der Waals surface area contributed by atoms with Crippen molar-refractivity contribution in [3.63, 3.8) is 0 Å². The Morgan fingerprint density at radius 1 is 1.09 bits per heavy atom. The molecule has 23 heavy (non-hydrogen) atoms. The SMILES string of the molecule is CO/N=C(/C(=O)O)c1ccccc1COc1c(C)cccc1C. The van der Waals surface area contributed by atoms with Gasteiger partial charge in [-0.05, 0) is 30.5 Å². The molecule has 5 heteroatoms. The van der Waals surface area contributed by atoms with E-state index in [2.05, 4.69) is 9.99 Å². The van der Waals surface area contributed by atoms with Gasteiger partial charge in [0.15, 0.2) is 5.71 Å². The maximum Gasteiger partial charge on any atom is 0.358 e. The summed E-state index contributed by atoms with van der Waals surface area (Å²) < 4.78 is 5.91. The molecule has 0 heterocycles. The third kappa shape index (κ3) is 3.88. The molecule has 2 aromatic carbocycles. The number of rotatable bonds is 6. The highest BCUT2D eigenvalue weighted by molar-refractivity contribution is 6.42. The Kier molecular flexibility index (Phi) is 5.36. The smallest absolute Gasteiger partial charge is 0.358 e. The number of nitrogens with zero attached hydrogens (tertiary/aromatic N) is 1. The number of benzene rings is 2. The van der Waals surface area contributed by atoms with Gasteiger partial charge in [0.2, 0.25) is 0 Å². The molecule has 0 aliphatic rings. The van der Waals surface area contributed by atoms with Crippen molar-refractivity contribution in [2.45, 2.75) is 20.5 Å². The van der Waals surface area contributed by atoms with Crippen molar-refractivity contribution >= 4 is 11.7 Å². The summed E-state index contributed by atoms with van der Waals surface area (Å²) in [7, 11) is 1.32. The minimum atomic E-state index is -1.15. The second-order valence-corrected chi connectivity index (χ2v) is 5.09.